The van der Waals surface area contributed by atoms with Crippen molar-refractivity contribution in [2.75, 3.05) is 11.1 Å². The van der Waals surface area contributed by atoms with E-state index in [4.69, 9.17) is 16.6 Å². The van der Waals surface area contributed by atoms with Crippen LogP contribution in [0, 0.1) is 12.8 Å². The molecule has 1 aliphatic rings. The van der Waals surface area contributed by atoms with Gasteiger partial charge in [0.1, 0.15) is 4.83 Å². The predicted octanol–water partition coefficient (Wildman–Crippen LogP) is 5.46. The van der Waals surface area contributed by atoms with Crippen molar-refractivity contribution in [1.29, 1.82) is 0 Å². The SMILES string of the molecule is C=CCn1c(SCC(=O)Nc2ccc(Cl)cc2C)nc2sc3c(c2c1=O)CCC(C)C3. The van der Waals surface area contributed by atoms with Crippen molar-refractivity contribution in [1.82, 2.24) is 9.55 Å². The lowest BCUT2D eigenvalue weighted by Gasteiger charge is -2.17. The van der Waals surface area contributed by atoms with Gasteiger partial charge in [-0.2, -0.15) is 0 Å². The van der Waals surface area contributed by atoms with Crippen LogP contribution in [0.4, 0.5) is 5.69 Å². The molecule has 0 aliphatic heterocycles. The van der Waals surface area contributed by atoms with Crippen molar-refractivity contribution in [3.8, 4) is 0 Å². The van der Waals surface area contributed by atoms with E-state index in [0.717, 1.165) is 40.7 Å². The number of carbonyl (C=O) groups is 1. The van der Waals surface area contributed by atoms with E-state index in [1.807, 2.05) is 6.92 Å². The summed E-state index contributed by atoms with van der Waals surface area (Å²) < 4.78 is 1.63. The maximum atomic E-state index is 13.3. The van der Waals surface area contributed by atoms with Crippen molar-refractivity contribution >= 4 is 56.5 Å². The second kappa shape index (κ2) is 9.18. The number of hydrogen-bond acceptors (Lipinski definition) is 5. The third-order valence-electron chi connectivity index (χ3n) is 5.49. The molecule has 0 radical (unpaired) electrons. The van der Waals surface area contributed by atoms with E-state index in [1.165, 1.54) is 22.2 Å². The zero-order valence-electron chi connectivity index (χ0n) is 17.5. The minimum absolute atomic E-state index is 0.0339. The lowest BCUT2D eigenvalue weighted by molar-refractivity contribution is -0.113. The quantitative estimate of drug-likeness (QED) is 0.293. The number of hydrogen-bond donors (Lipinski definition) is 1. The molecule has 0 fully saturated rings. The first-order chi connectivity index (χ1) is 14.9. The van der Waals surface area contributed by atoms with Gasteiger partial charge in [0, 0.05) is 22.1 Å². The Morgan fingerprint density at radius 3 is 3.03 bits per heavy atom. The second-order valence-electron chi connectivity index (χ2n) is 7.93. The van der Waals surface area contributed by atoms with Crippen LogP contribution in [-0.2, 0) is 24.2 Å². The van der Waals surface area contributed by atoms with Crippen LogP contribution in [-0.4, -0.2) is 21.2 Å². The van der Waals surface area contributed by atoms with Crippen LogP contribution < -0.4 is 10.9 Å². The van der Waals surface area contributed by atoms with E-state index in [1.54, 1.807) is 40.2 Å². The number of fused-ring (bicyclic) bond motifs is 3. The van der Waals surface area contributed by atoms with E-state index in [-0.39, 0.29) is 17.2 Å². The smallest absolute Gasteiger partial charge is 0.263 e. The van der Waals surface area contributed by atoms with Gasteiger partial charge in [0.15, 0.2) is 5.16 Å². The first kappa shape index (κ1) is 22.1. The standard InChI is InChI=1S/C23H24ClN3O2S2/c1-4-9-27-22(29)20-16-7-5-13(2)10-18(16)31-21(20)26-23(27)30-12-19(28)25-17-8-6-15(24)11-14(17)3/h4,6,8,11,13H,1,5,7,9-10,12H2,2-3H3,(H,25,28). The molecule has 4 rings (SSSR count). The maximum absolute atomic E-state index is 13.3. The second-order valence-corrected chi connectivity index (χ2v) is 10.4. The lowest BCUT2D eigenvalue weighted by Crippen LogP contribution is -2.24. The zero-order chi connectivity index (χ0) is 22.1. The van der Waals surface area contributed by atoms with Gasteiger partial charge in [0.05, 0.1) is 11.1 Å². The number of anilines is 1. The molecular formula is C23H24ClN3O2S2. The number of halogens is 1. The number of amides is 1. The number of carbonyl (C=O) groups excluding carboxylic acids is 1. The van der Waals surface area contributed by atoms with Gasteiger partial charge in [-0.25, -0.2) is 4.98 Å². The summed E-state index contributed by atoms with van der Waals surface area (Å²) >= 11 is 8.88. The fourth-order valence-electron chi connectivity index (χ4n) is 3.89. The van der Waals surface area contributed by atoms with Crippen LogP contribution in [0.15, 0.2) is 40.8 Å². The normalized spacial score (nSPS) is 15.6. The fourth-order valence-corrected chi connectivity index (χ4v) is 6.35. The fraction of sp³-hybridized carbons (Fsp3) is 0.348. The van der Waals surface area contributed by atoms with Gasteiger partial charge in [0.2, 0.25) is 5.91 Å². The van der Waals surface area contributed by atoms with E-state index >= 15 is 0 Å². The van der Waals surface area contributed by atoms with Gasteiger partial charge in [-0.3, -0.25) is 14.2 Å². The monoisotopic (exact) mass is 473 g/mol. The number of aromatic nitrogens is 2. The minimum Gasteiger partial charge on any atom is -0.325 e. The lowest BCUT2D eigenvalue weighted by atomic mass is 9.89. The first-order valence-electron chi connectivity index (χ1n) is 10.2. The summed E-state index contributed by atoms with van der Waals surface area (Å²) in [4.78, 5) is 32.7. The highest BCUT2D eigenvalue weighted by Gasteiger charge is 2.24. The van der Waals surface area contributed by atoms with E-state index in [2.05, 4.69) is 18.8 Å². The molecule has 1 N–H and O–H groups in total. The zero-order valence-corrected chi connectivity index (χ0v) is 19.9. The van der Waals surface area contributed by atoms with E-state index in [9.17, 15) is 9.59 Å². The number of nitrogens with zero attached hydrogens (tertiary/aromatic N) is 2. The maximum Gasteiger partial charge on any atom is 0.263 e. The molecule has 5 nitrogen and oxygen atoms in total. The average molecular weight is 474 g/mol. The van der Waals surface area contributed by atoms with Gasteiger partial charge in [-0.15, -0.1) is 17.9 Å². The summed E-state index contributed by atoms with van der Waals surface area (Å²) in [6, 6.07) is 5.34. The van der Waals surface area contributed by atoms with Crippen LogP contribution in [0.5, 0.6) is 0 Å². The number of aryl methyl sites for hydroxylation is 2. The Bertz CT molecular complexity index is 1230. The van der Waals surface area contributed by atoms with E-state index in [0.29, 0.717) is 22.6 Å². The molecule has 2 aromatic heterocycles. The molecule has 0 bridgehead atoms. The number of rotatable bonds is 6. The number of thiophene rings is 1. The Kier molecular flexibility index (Phi) is 6.55. The molecule has 1 aromatic carbocycles. The summed E-state index contributed by atoms with van der Waals surface area (Å²) in [5.74, 6) is 0.623. The Balaban J connectivity index is 1.60. The molecule has 0 saturated carbocycles. The molecule has 0 saturated heterocycles. The summed E-state index contributed by atoms with van der Waals surface area (Å²) in [5.41, 5.74) is 2.75. The molecule has 3 aromatic rings. The Labute approximate surface area is 194 Å². The molecule has 1 unspecified atom stereocenters. The molecule has 31 heavy (non-hydrogen) atoms. The van der Waals surface area contributed by atoms with Crippen molar-refractivity contribution < 1.29 is 4.79 Å². The van der Waals surface area contributed by atoms with Crippen LogP contribution in [0.2, 0.25) is 5.02 Å². The first-order valence-corrected chi connectivity index (χ1v) is 12.4. The van der Waals surface area contributed by atoms with Gasteiger partial charge < -0.3 is 5.32 Å². The molecule has 2 heterocycles. The summed E-state index contributed by atoms with van der Waals surface area (Å²) in [7, 11) is 0. The molecular weight excluding hydrogens is 450 g/mol. The van der Waals surface area contributed by atoms with Crippen molar-refractivity contribution in [3.63, 3.8) is 0 Å². The number of allylic oxidation sites excluding steroid dienone is 1. The average Bonchev–Trinajstić information content (AvgIpc) is 3.08. The molecule has 1 aliphatic carbocycles. The van der Waals surface area contributed by atoms with Gasteiger partial charge >= 0.3 is 0 Å². The van der Waals surface area contributed by atoms with Crippen molar-refractivity contribution in [2.45, 2.75) is 44.8 Å². The molecule has 0 spiro atoms. The summed E-state index contributed by atoms with van der Waals surface area (Å²) in [6.07, 6.45) is 4.72. The highest BCUT2D eigenvalue weighted by atomic mass is 35.5. The largest absolute Gasteiger partial charge is 0.325 e. The highest BCUT2D eigenvalue weighted by molar-refractivity contribution is 7.99. The Morgan fingerprint density at radius 1 is 1.48 bits per heavy atom. The van der Waals surface area contributed by atoms with Gasteiger partial charge in [-0.05, 0) is 61.4 Å². The van der Waals surface area contributed by atoms with Gasteiger partial charge in [0.25, 0.3) is 5.56 Å². The minimum atomic E-state index is -0.158. The highest BCUT2D eigenvalue weighted by Crippen LogP contribution is 2.36. The predicted molar refractivity (Wildman–Crippen MR) is 131 cm³/mol. The van der Waals surface area contributed by atoms with E-state index < -0.39 is 0 Å². The Morgan fingerprint density at radius 2 is 2.29 bits per heavy atom. The van der Waals surface area contributed by atoms with Gasteiger partial charge in [-0.1, -0.05) is 36.4 Å². The van der Waals surface area contributed by atoms with Crippen LogP contribution in [0.1, 0.15) is 29.3 Å². The van der Waals surface area contributed by atoms with Crippen LogP contribution >= 0.6 is 34.7 Å². The van der Waals surface area contributed by atoms with Crippen LogP contribution in [0.3, 0.4) is 0 Å². The number of benzene rings is 1. The van der Waals surface area contributed by atoms with Crippen molar-refractivity contribution in [3.05, 3.63) is 62.2 Å². The molecule has 8 heteroatoms. The third-order valence-corrected chi connectivity index (χ3v) is 7.85. The Hall–Kier alpha value is -2.09. The molecule has 1 atom stereocenters. The summed E-state index contributed by atoms with van der Waals surface area (Å²) in [5, 5.41) is 4.83. The van der Waals surface area contributed by atoms with Crippen LogP contribution in [0.25, 0.3) is 10.2 Å². The molecule has 1 amide bonds. The molecule has 162 valence electrons. The number of thioether (sulfide) groups is 1. The third kappa shape index (κ3) is 4.59. The topological polar surface area (TPSA) is 64.0 Å². The summed E-state index contributed by atoms with van der Waals surface area (Å²) in [6.45, 7) is 8.29. The van der Waals surface area contributed by atoms with Crippen molar-refractivity contribution in [2.24, 2.45) is 5.92 Å². The number of nitrogens with one attached hydrogen (secondary N) is 1.